The molecule has 0 fully saturated rings. The van der Waals surface area contributed by atoms with Crippen molar-refractivity contribution in [1.82, 2.24) is 0 Å². The lowest BCUT2D eigenvalue weighted by molar-refractivity contribution is -0.118. The van der Waals surface area contributed by atoms with Crippen molar-refractivity contribution >= 4 is 28.9 Å². The lowest BCUT2D eigenvalue weighted by Gasteiger charge is -2.22. The van der Waals surface area contributed by atoms with E-state index in [1.165, 1.54) is 0 Å². The zero-order valence-electron chi connectivity index (χ0n) is 14.2. The first-order valence-corrected chi connectivity index (χ1v) is 9.04. The van der Waals surface area contributed by atoms with Gasteiger partial charge >= 0.3 is 0 Å². The minimum absolute atomic E-state index is 0.0818. The fourth-order valence-corrected chi connectivity index (χ4v) is 3.45. The van der Waals surface area contributed by atoms with Crippen molar-refractivity contribution < 1.29 is 4.79 Å². The van der Waals surface area contributed by atoms with Gasteiger partial charge in [0.15, 0.2) is 0 Å². The number of para-hydroxylation sites is 2. The number of carbonyl (C=O) groups excluding carboxylic acids is 1. The van der Waals surface area contributed by atoms with Crippen LogP contribution in [0.15, 0.2) is 78.9 Å². The highest BCUT2D eigenvalue weighted by Gasteiger charge is 2.28. The van der Waals surface area contributed by atoms with E-state index in [0.717, 1.165) is 22.5 Å². The molecule has 0 bridgehead atoms. The minimum atomic E-state index is -0.0818. The van der Waals surface area contributed by atoms with Crippen molar-refractivity contribution in [3.8, 4) is 0 Å². The number of fused-ring (bicyclic) bond motifs is 1. The predicted molar refractivity (Wildman–Crippen MR) is 107 cm³/mol. The Balaban J connectivity index is 1.69. The summed E-state index contributed by atoms with van der Waals surface area (Å²) in [6.07, 6.45) is 0.392. The molecule has 1 atom stereocenters. The largest absolute Gasteiger partial charge is 0.376 e. The number of rotatable bonds is 3. The number of anilines is 2. The van der Waals surface area contributed by atoms with Gasteiger partial charge in [0.05, 0.1) is 30.4 Å². The first-order valence-electron chi connectivity index (χ1n) is 8.66. The standard InChI is InChI=1S/C22H19ClN2O/c23-18-12-10-17(11-13-18)20-14-22(26)25(15-16-6-2-1-3-7-16)21-9-5-4-8-19(21)24-20/h1-13,20,24H,14-15H2. The lowest BCUT2D eigenvalue weighted by Crippen LogP contribution is -2.30. The Morgan fingerprint density at radius 2 is 1.62 bits per heavy atom. The van der Waals surface area contributed by atoms with Crippen LogP contribution in [0.4, 0.5) is 11.4 Å². The molecule has 4 heteroatoms. The highest BCUT2D eigenvalue weighted by atomic mass is 35.5. The summed E-state index contributed by atoms with van der Waals surface area (Å²) in [5.74, 6) is 0.103. The van der Waals surface area contributed by atoms with E-state index < -0.39 is 0 Å². The summed E-state index contributed by atoms with van der Waals surface area (Å²) >= 11 is 6.01. The molecule has 1 N–H and O–H groups in total. The third-order valence-corrected chi connectivity index (χ3v) is 4.91. The molecule has 1 amide bonds. The zero-order valence-corrected chi connectivity index (χ0v) is 15.0. The Morgan fingerprint density at radius 1 is 0.923 bits per heavy atom. The Morgan fingerprint density at radius 3 is 2.38 bits per heavy atom. The van der Waals surface area contributed by atoms with Crippen molar-refractivity contribution in [2.45, 2.75) is 19.0 Å². The van der Waals surface area contributed by atoms with Crippen LogP contribution in [0, 0.1) is 0 Å². The average Bonchev–Trinajstić information content (AvgIpc) is 2.80. The van der Waals surface area contributed by atoms with Crippen LogP contribution < -0.4 is 10.2 Å². The number of benzene rings is 3. The second-order valence-electron chi connectivity index (χ2n) is 6.44. The van der Waals surface area contributed by atoms with E-state index in [4.69, 9.17) is 11.6 Å². The number of carbonyl (C=O) groups is 1. The maximum Gasteiger partial charge on any atom is 0.229 e. The van der Waals surface area contributed by atoms with Crippen LogP contribution >= 0.6 is 11.6 Å². The molecule has 1 unspecified atom stereocenters. The molecule has 0 saturated heterocycles. The quantitative estimate of drug-likeness (QED) is 0.673. The van der Waals surface area contributed by atoms with Gasteiger partial charge in [-0.2, -0.15) is 0 Å². The van der Waals surface area contributed by atoms with Crippen LogP contribution in [0.1, 0.15) is 23.6 Å². The molecular weight excluding hydrogens is 344 g/mol. The van der Waals surface area contributed by atoms with Gasteiger partial charge in [-0.3, -0.25) is 4.79 Å². The van der Waals surface area contributed by atoms with E-state index in [0.29, 0.717) is 18.0 Å². The van der Waals surface area contributed by atoms with Crippen LogP contribution in [0.3, 0.4) is 0 Å². The molecule has 3 aromatic carbocycles. The van der Waals surface area contributed by atoms with Crippen molar-refractivity contribution in [2.24, 2.45) is 0 Å². The Labute approximate surface area is 158 Å². The summed E-state index contributed by atoms with van der Waals surface area (Å²) in [5, 5.41) is 4.23. The van der Waals surface area contributed by atoms with Crippen LogP contribution in [0.5, 0.6) is 0 Å². The van der Waals surface area contributed by atoms with E-state index in [-0.39, 0.29) is 11.9 Å². The van der Waals surface area contributed by atoms with Crippen LogP contribution in [-0.2, 0) is 11.3 Å². The molecule has 0 aromatic heterocycles. The Hall–Kier alpha value is -2.78. The lowest BCUT2D eigenvalue weighted by atomic mass is 10.0. The summed E-state index contributed by atoms with van der Waals surface area (Å²) in [5.41, 5.74) is 4.05. The van der Waals surface area contributed by atoms with Crippen LogP contribution in [0.2, 0.25) is 5.02 Å². The van der Waals surface area contributed by atoms with Crippen molar-refractivity contribution in [3.63, 3.8) is 0 Å². The number of nitrogens with zero attached hydrogens (tertiary/aromatic N) is 1. The van der Waals surface area contributed by atoms with E-state index in [1.54, 1.807) is 0 Å². The number of amides is 1. The van der Waals surface area contributed by atoms with Crippen LogP contribution in [0.25, 0.3) is 0 Å². The van der Waals surface area contributed by atoms with Crippen molar-refractivity contribution in [3.05, 3.63) is 95.0 Å². The average molecular weight is 363 g/mol. The Kier molecular flexibility index (Phi) is 4.63. The maximum atomic E-state index is 13.1. The van der Waals surface area contributed by atoms with Crippen molar-refractivity contribution in [2.75, 3.05) is 10.2 Å². The SMILES string of the molecule is O=C1CC(c2ccc(Cl)cc2)Nc2ccccc2N1Cc1ccccc1. The van der Waals surface area contributed by atoms with Crippen molar-refractivity contribution in [1.29, 1.82) is 0 Å². The summed E-state index contributed by atoms with van der Waals surface area (Å²) in [4.78, 5) is 15.0. The van der Waals surface area contributed by atoms with Gasteiger partial charge in [0.1, 0.15) is 0 Å². The number of hydrogen-bond acceptors (Lipinski definition) is 2. The molecule has 0 saturated carbocycles. The molecule has 1 heterocycles. The highest BCUT2D eigenvalue weighted by molar-refractivity contribution is 6.30. The van der Waals surface area contributed by atoms with Gasteiger partial charge in [0.25, 0.3) is 0 Å². The Bertz CT molecular complexity index is 909. The molecule has 26 heavy (non-hydrogen) atoms. The third-order valence-electron chi connectivity index (χ3n) is 4.66. The molecular formula is C22H19ClN2O. The van der Waals surface area contributed by atoms with Gasteiger partial charge in [-0.15, -0.1) is 0 Å². The van der Waals surface area contributed by atoms with E-state index in [1.807, 2.05) is 83.8 Å². The third kappa shape index (κ3) is 3.44. The van der Waals surface area contributed by atoms with Gasteiger partial charge in [-0.05, 0) is 35.4 Å². The van der Waals surface area contributed by atoms with Gasteiger partial charge in [0, 0.05) is 5.02 Å². The first-order chi connectivity index (χ1) is 12.7. The molecule has 0 spiro atoms. The topological polar surface area (TPSA) is 32.3 Å². The van der Waals surface area contributed by atoms with Gasteiger partial charge < -0.3 is 10.2 Å². The van der Waals surface area contributed by atoms with Gasteiger partial charge in [-0.1, -0.05) is 66.2 Å². The second-order valence-corrected chi connectivity index (χ2v) is 6.87. The molecule has 3 aromatic rings. The molecule has 3 nitrogen and oxygen atoms in total. The van der Waals surface area contributed by atoms with E-state index in [9.17, 15) is 4.79 Å². The summed E-state index contributed by atoms with van der Waals surface area (Å²) in [6, 6.07) is 25.6. The van der Waals surface area contributed by atoms with Gasteiger partial charge in [-0.25, -0.2) is 0 Å². The maximum absolute atomic E-state index is 13.1. The fourth-order valence-electron chi connectivity index (χ4n) is 3.32. The summed E-state index contributed by atoms with van der Waals surface area (Å²) < 4.78 is 0. The smallest absolute Gasteiger partial charge is 0.229 e. The van der Waals surface area contributed by atoms with E-state index >= 15 is 0 Å². The number of nitrogens with one attached hydrogen (secondary N) is 1. The second kappa shape index (κ2) is 7.22. The predicted octanol–water partition coefficient (Wildman–Crippen LogP) is 5.43. The molecule has 1 aliphatic rings. The molecule has 1 aliphatic heterocycles. The summed E-state index contributed by atoms with van der Waals surface area (Å²) in [7, 11) is 0. The molecule has 0 radical (unpaired) electrons. The highest BCUT2D eigenvalue weighted by Crippen LogP contribution is 2.36. The summed E-state index contributed by atoms with van der Waals surface area (Å²) in [6.45, 7) is 0.561. The molecule has 4 rings (SSSR count). The van der Waals surface area contributed by atoms with Gasteiger partial charge in [0.2, 0.25) is 5.91 Å². The van der Waals surface area contributed by atoms with Crippen LogP contribution in [-0.4, -0.2) is 5.91 Å². The monoisotopic (exact) mass is 362 g/mol. The number of halogens is 1. The first kappa shape index (κ1) is 16.7. The fraction of sp³-hybridized carbons (Fsp3) is 0.136. The molecule has 0 aliphatic carbocycles. The minimum Gasteiger partial charge on any atom is -0.376 e. The normalized spacial score (nSPS) is 16.6. The molecule has 130 valence electrons. The zero-order chi connectivity index (χ0) is 17.9. The number of hydrogen-bond donors (Lipinski definition) is 1. The van der Waals surface area contributed by atoms with E-state index in [2.05, 4.69) is 5.32 Å².